The standard InChI is InChI=1S/C33H39N5O4/c1-23(2)31(34)30-29(25-10-12-28(13-11-25)37-15-17-41-18-16-37)19-27(21-39)36-32(30)35-26-9-6-14-38(20-26)33(40)42-22-24-7-4-3-5-8-24/h3-5,7-8,10-13,19,21,23,26,34H,6,9,14-18,20,22H2,1-2H3,(H,35,36). The Morgan fingerprint density at radius 1 is 1.12 bits per heavy atom. The van der Waals surface area contributed by atoms with E-state index in [0.717, 1.165) is 54.6 Å². The molecule has 2 aliphatic rings. The van der Waals surface area contributed by atoms with Crippen molar-refractivity contribution in [3.05, 3.63) is 77.5 Å². The van der Waals surface area contributed by atoms with E-state index in [1.165, 1.54) is 0 Å². The number of benzene rings is 2. The fourth-order valence-corrected chi connectivity index (χ4v) is 5.46. The maximum absolute atomic E-state index is 12.9. The van der Waals surface area contributed by atoms with E-state index in [1.54, 1.807) is 11.0 Å². The fraction of sp³-hybridized carbons (Fsp3) is 0.394. The fourth-order valence-electron chi connectivity index (χ4n) is 5.46. The molecule has 1 atom stereocenters. The van der Waals surface area contributed by atoms with Gasteiger partial charge in [0.25, 0.3) is 0 Å². The summed E-state index contributed by atoms with van der Waals surface area (Å²) in [6.07, 6.45) is 2.02. The molecular weight excluding hydrogens is 530 g/mol. The number of rotatable bonds is 9. The van der Waals surface area contributed by atoms with Crippen molar-refractivity contribution in [3.8, 4) is 11.1 Å². The Hall–Kier alpha value is -4.24. The summed E-state index contributed by atoms with van der Waals surface area (Å²) in [7, 11) is 0. The van der Waals surface area contributed by atoms with E-state index in [-0.39, 0.29) is 24.7 Å². The second-order valence-corrected chi connectivity index (χ2v) is 11.1. The molecule has 0 spiro atoms. The van der Waals surface area contributed by atoms with Gasteiger partial charge >= 0.3 is 6.09 Å². The molecule has 3 aromatic rings. The van der Waals surface area contributed by atoms with Gasteiger partial charge in [-0.1, -0.05) is 56.3 Å². The highest BCUT2D eigenvalue weighted by Crippen LogP contribution is 2.33. The van der Waals surface area contributed by atoms with E-state index < -0.39 is 0 Å². The van der Waals surface area contributed by atoms with E-state index in [9.17, 15) is 9.59 Å². The Labute approximate surface area is 247 Å². The summed E-state index contributed by atoms with van der Waals surface area (Å²) in [5, 5.41) is 12.5. The van der Waals surface area contributed by atoms with Gasteiger partial charge in [0.1, 0.15) is 18.1 Å². The van der Waals surface area contributed by atoms with Gasteiger partial charge in [-0.3, -0.25) is 4.79 Å². The number of aldehydes is 1. The largest absolute Gasteiger partial charge is 0.445 e. The molecule has 1 amide bonds. The van der Waals surface area contributed by atoms with Crippen LogP contribution < -0.4 is 10.2 Å². The minimum Gasteiger partial charge on any atom is -0.445 e. The van der Waals surface area contributed by atoms with Crippen LogP contribution in [0.2, 0.25) is 0 Å². The number of carbonyl (C=O) groups is 2. The quantitative estimate of drug-likeness (QED) is 0.254. The van der Waals surface area contributed by atoms with Crippen LogP contribution in [0.4, 0.5) is 16.3 Å². The number of ether oxygens (including phenoxy) is 2. The van der Waals surface area contributed by atoms with Gasteiger partial charge in [-0.15, -0.1) is 0 Å². The maximum atomic E-state index is 12.9. The van der Waals surface area contributed by atoms with Crippen LogP contribution >= 0.6 is 0 Å². The molecule has 2 saturated heterocycles. The zero-order valence-corrected chi connectivity index (χ0v) is 24.3. The molecule has 3 heterocycles. The normalized spacial score (nSPS) is 17.2. The van der Waals surface area contributed by atoms with Gasteiger partial charge in [0.2, 0.25) is 0 Å². The smallest absolute Gasteiger partial charge is 0.410 e. The van der Waals surface area contributed by atoms with Crippen molar-refractivity contribution >= 4 is 29.6 Å². The first-order valence-electron chi connectivity index (χ1n) is 14.7. The third-order valence-electron chi connectivity index (χ3n) is 7.79. The average Bonchev–Trinajstić information content (AvgIpc) is 3.04. The van der Waals surface area contributed by atoms with E-state index in [4.69, 9.17) is 14.9 Å². The Balaban J connectivity index is 1.39. The third kappa shape index (κ3) is 6.97. The highest BCUT2D eigenvalue weighted by Gasteiger charge is 2.28. The van der Waals surface area contributed by atoms with E-state index in [0.29, 0.717) is 49.1 Å². The number of likely N-dealkylation sites (tertiary alicyclic amines) is 1. The van der Waals surface area contributed by atoms with Crippen LogP contribution in [-0.4, -0.2) is 73.4 Å². The molecule has 2 fully saturated rings. The van der Waals surface area contributed by atoms with Crippen molar-refractivity contribution in [2.75, 3.05) is 49.6 Å². The van der Waals surface area contributed by atoms with Crippen molar-refractivity contribution < 1.29 is 19.1 Å². The van der Waals surface area contributed by atoms with E-state index >= 15 is 0 Å². The van der Waals surface area contributed by atoms with Crippen LogP contribution in [0, 0.1) is 11.3 Å². The SMILES string of the molecule is CC(C)C(=N)c1c(-c2ccc(N3CCOCC3)cc2)cc(C=O)nc1NC1CCCN(C(=O)OCc2ccccc2)C1. The molecule has 0 saturated carbocycles. The van der Waals surface area contributed by atoms with Crippen molar-refractivity contribution in [1.82, 2.24) is 9.88 Å². The molecule has 220 valence electrons. The molecular formula is C33H39N5O4. The van der Waals surface area contributed by atoms with Crippen molar-refractivity contribution in [3.63, 3.8) is 0 Å². The van der Waals surface area contributed by atoms with Crippen LogP contribution in [-0.2, 0) is 16.1 Å². The number of nitrogens with one attached hydrogen (secondary N) is 2. The highest BCUT2D eigenvalue weighted by molar-refractivity contribution is 6.09. The lowest BCUT2D eigenvalue weighted by Crippen LogP contribution is -2.45. The van der Waals surface area contributed by atoms with Crippen molar-refractivity contribution in [2.24, 2.45) is 5.92 Å². The summed E-state index contributed by atoms with van der Waals surface area (Å²) < 4.78 is 11.1. The monoisotopic (exact) mass is 569 g/mol. The molecule has 1 unspecified atom stereocenters. The lowest BCUT2D eigenvalue weighted by Gasteiger charge is -2.33. The molecule has 1 aromatic heterocycles. The molecule has 9 heteroatoms. The number of anilines is 2. The number of nitrogens with zero attached hydrogens (tertiary/aromatic N) is 3. The van der Waals surface area contributed by atoms with Crippen LogP contribution in [0.5, 0.6) is 0 Å². The lowest BCUT2D eigenvalue weighted by molar-refractivity contribution is 0.0874. The molecule has 2 N–H and O–H groups in total. The zero-order valence-electron chi connectivity index (χ0n) is 24.3. The van der Waals surface area contributed by atoms with Crippen LogP contribution in [0.25, 0.3) is 11.1 Å². The topological polar surface area (TPSA) is 108 Å². The minimum atomic E-state index is -0.351. The van der Waals surface area contributed by atoms with E-state index in [2.05, 4.69) is 27.3 Å². The number of piperidine rings is 1. The maximum Gasteiger partial charge on any atom is 0.410 e. The predicted molar refractivity (Wildman–Crippen MR) is 165 cm³/mol. The van der Waals surface area contributed by atoms with Gasteiger partial charge in [-0.2, -0.15) is 0 Å². The van der Waals surface area contributed by atoms with E-state index in [1.807, 2.05) is 56.3 Å². The third-order valence-corrected chi connectivity index (χ3v) is 7.79. The molecule has 42 heavy (non-hydrogen) atoms. The van der Waals surface area contributed by atoms with Gasteiger partial charge in [0, 0.05) is 49.2 Å². The Morgan fingerprint density at radius 2 is 1.86 bits per heavy atom. The van der Waals surface area contributed by atoms with Crippen LogP contribution in [0.3, 0.4) is 0 Å². The summed E-state index contributed by atoms with van der Waals surface area (Å²) in [5.74, 6) is 0.437. The number of pyridine rings is 1. The number of hydrogen-bond acceptors (Lipinski definition) is 8. The number of amides is 1. The number of hydrogen-bond donors (Lipinski definition) is 2. The number of carbonyl (C=O) groups excluding carboxylic acids is 2. The first-order valence-corrected chi connectivity index (χ1v) is 14.7. The van der Waals surface area contributed by atoms with Crippen molar-refractivity contribution in [1.29, 1.82) is 5.41 Å². The number of morpholine rings is 1. The molecule has 2 aliphatic heterocycles. The molecule has 2 aromatic carbocycles. The van der Waals surface area contributed by atoms with Gasteiger partial charge in [0.15, 0.2) is 6.29 Å². The first-order chi connectivity index (χ1) is 20.4. The van der Waals surface area contributed by atoms with Gasteiger partial charge in [0.05, 0.1) is 13.2 Å². The highest BCUT2D eigenvalue weighted by atomic mass is 16.6. The Kier molecular flexibility index (Phi) is 9.48. The Bertz CT molecular complexity index is 1390. The summed E-state index contributed by atoms with van der Waals surface area (Å²) in [5.41, 5.74) is 5.16. The Morgan fingerprint density at radius 3 is 2.55 bits per heavy atom. The van der Waals surface area contributed by atoms with Crippen LogP contribution in [0.15, 0.2) is 60.7 Å². The first kappa shape index (κ1) is 29.3. The summed E-state index contributed by atoms with van der Waals surface area (Å²) in [4.78, 5) is 33.5. The zero-order chi connectivity index (χ0) is 29.5. The van der Waals surface area contributed by atoms with Crippen LogP contribution in [0.1, 0.15) is 48.3 Å². The van der Waals surface area contributed by atoms with Crippen molar-refractivity contribution in [2.45, 2.75) is 39.3 Å². The summed E-state index contributed by atoms with van der Waals surface area (Å²) >= 11 is 0. The molecule has 5 rings (SSSR count). The second-order valence-electron chi connectivity index (χ2n) is 11.1. The predicted octanol–water partition coefficient (Wildman–Crippen LogP) is 5.63. The molecule has 0 bridgehead atoms. The van der Waals surface area contributed by atoms with Gasteiger partial charge in [-0.25, -0.2) is 9.78 Å². The average molecular weight is 570 g/mol. The molecule has 9 nitrogen and oxygen atoms in total. The van der Waals surface area contributed by atoms with Gasteiger partial charge in [-0.05, 0) is 53.6 Å². The minimum absolute atomic E-state index is 0.0587. The van der Waals surface area contributed by atoms with Gasteiger partial charge < -0.3 is 30.0 Å². The summed E-state index contributed by atoms with van der Waals surface area (Å²) in [6, 6.07) is 19.5. The summed E-state index contributed by atoms with van der Waals surface area (Å²) in [6.45, 7) is 8.36. The number of aromatic nitrogens is 1. The molecule has 0 radical (unpaired) electrons. The second kappa shape index (κ2) is 13.6. The lowest BCUT2D eigenvalue weighted by atomic mass is 9.91. The molecule has 0 aliphatic carbocycles.